The molecule has 0 aliphatic carbocycles. The predicted octanol–water partition coefficient (Wildman–Crippen LogP) is 3.34. The lowest BCUT2D eigenvalue weighted by Gasteiger charge is -2.38. The number of carbonyl (C=O) groups is 2. The second-order valence-corrected chi connectivity index (χ2v) is 9.79. The van der Waals surface area contributed by atoms with Crippen molar-refractivity contribution in [3.63, 3.8) is 0 Å². The molecule has 9 nitrogen and oxygen atoms in total. The minimum Gasteiger partial charge on any atom is -0.495 e. The zero-order chi connectivity index (χ0) is 24.4. The van der Waals surface area contributed by atoms with E-state index in [1.807, 2.05) is 21.7 Å². The van der Waals surface area contributed by atoms with Gasteiger partial charge in [0, 0.05) is 31.6 Å². The summed E-state index contributed by atoms with van der Waals surface area (Å²) in [5.41, 5.74) is 7.37. The average molecular weight is 552 g/mol. The summed E-state index contributed by atoms with van der Waals surface area (Å²) in [6.45, 7) is 2.19. The molecule has 2 aromatic rings. The number of thiol groups is 1. The lowest BCUT2D eigenvalue weighted by molar-refractivity contribution is -0.132. The first kappa shape index (κ1) is 24.7. The summed E-state index contributed by atoms with van der Waals surface area (Å²) in [6, 6.07) is 3.74. The van der Waals surface area contributed by atoms with E-state index in [9.17, 15) is 9.59 Å². The smallest absolute Gasteiger partial charge is 0.254 e. The molecule has 1 fully saturated rings. The van der Waals surface area contributed by atoms with Crippen LogP contribution < -0.4 is 20.5 Å². The first-order chi connectivity index (χ1) is 16.4. The highest BCUT2D eigenvalue weighted by atomic mass is 79.9. The molecule has 3 heterocycles. The number of nitrogens with zero attached hydrogens (tertiary/aromatic N) is 3. The van der Waals surface area contributed by atoms with E-state index in [0.29, 0.717) is 56.7 Å². The SMILES string of the molecule is COc1cc(-c2nn3c(c2C(N)=O)NCC[C@H]3C2CCN(C(=O)CCS)CC2)cc(OC)c1Br. The Morgan fingerprint density at radius 2 is 1.85 bits per heavy atom. The van der Waals surface area contributed by atoms with Gasteiger partial charge < -0.3 is 25.4 Å². The molecular formula is C23H30BrN5O4S. The van der Waals surface area contributed by atoms with Gasteiger partial charge in [-0.2, -0.15) is 17.7 Å². The van der Waals surface area contributed by atoms with Crippen molar-refractivity contribution in [2.24, 2.45) is 11.7 Å². The molecule has 34 heavy (non-hydrogen) atoms. The fraction of sp³-hybridized carbons (Fsp3) is 0.522. The van der Waals surface area contributed by atoms with Gasteiger partial charge in [0.1, 0.15) is 33.0 Å². The number of benzene rings is 1. The zero-order valence-electron chi connectivity index (χ0n) is 19.3. The average Bonchev–Trinajstić information content (AvgIpc) is 3.24. The molecule has 0 unspecified atom stereocenters. The molecule has 1 aromatic carbocycles. The van der Waals surface area contributed by atoms with Gasteiger partial charge in [0.05, 0.1) is 20.3 Å². The van der Waals surface area contributed by atoms with Crippen LogP contribution in [0, 0.1) is 5.92 Å². The van der Waals surface area contributed by atoms with Crippen molar-refractivity contribution in [3.8, 4) is 22.8 Å². The lowest BCUT2D eigenvalue weighted by Crippen LogP contribution is -2.41. The third-order valence-corrected chi connectivity index (χ3v) is 7.69. The van der Waals surface area contributed by atoms with Crippen molar-refractivity contribution in [1.82, 2.24) is 14.7 Å². The molecule has 0 bridgehead atoms. The number of amides is 2. The highest BCUT2D eigenvalue weighted by Gasteiger charge is 2.36. The number of hydrogen-bond donors (Lipinski definition) is 3. The predicted molar refractivity (Wildman–Crippen MR) is 137 cm³/mol. The largest absolute Gasteiger partial charge is 0.495 e. The summed E-state index contributed by atoms with van der Waals surface area (Å²) in [5.74, 6) is 2.31. The molecule has 1 atom stereocenters. The van der Waals surface area contributed by atoms with Crippen molar-refractivity contribution in [3.05, 3.63) is 22.2 Å². The van der Waals surface area contributed by atoms with Crippen LogP contribution in [-0.4, -0.2) is 66.1 Å². The second kappa shape index (κ2) is 10.5. The number of ether oxygens (including phenoxy) is 2. The van der Waals surface area contributed by atoms with Gasteiger partial charge in [0.2, 0.25) is 5.91 Å². The van der Waals surface area contributed by atoms with E-state index in [4.69, 9.17) is 20.3 Å². The fourth-order valence-electron chi connectivity index (χ4n) is 4.97. The number of methoxy groups -OCH3 is 2. The summed E-state index contributed by atoms with van der Waals surface area (Å²) in [5, 5.41) is 8.24. The minimum absolute atomic E-state index is 0.115. The van der Waals surface area contributed by atoms with Gasteiger partial charge in [-0.1, -0.05) is 0 Å². The van der Waals surface area contributed by atoms with Crippen LogP contribution >= 0.6 is 28.6 Å². The van der Waals surface area contributed by atoms with Crippen molar-refractivity contribution in [2.75, 3.05) is 44.9 Å². The van der Waals surface area contributed by atoms with Gasteiger partial charge in [-0.3, -0.25) is 9.59 Å². The van der Waals surface area contributed by atoms with Gasteiger partial charge in [0.25, 0.3) is 5.91 Å². The number of hydrogen-bond acceptors (Lipinski definition) is 7. The number of carbonyl (C=O) groups excluding carboxylic acids is 2. The van der Waals surface area contributed by atoms with Gasteiger partial charge in [-0.15, -0.1) is 0 Å². The molecule has 2 aliphatic heterocycles. The summed E-state index contributed by atoms with van der Waals surface area (Å²) >= 11 is 7.67. The lowest BCUT2D eigenvalue weighted by atomic mass is 9.86. The molecule has 2 aliphatic rings. The number of primary amides is 1. The topological polar surface area (TPSA) is 112 Å². The summed E-state index contributed by atoms with van der Waals surface area (Å²) in [6.07, 6.45) is 3.14. The Morgan fingerprint density at radius 3 is 2.41 bits per heavy atom. The summed E-state index contributed by atoms with van der Waals surface area (Å²) in [4.78, 5) is 26.8. The number of likely N-dealkylation sites (tertiary alicyclic amines) is 1. The highest BCUT2D eigenvalue weighted by Crippen LogP contribution is 2.43. The molecular weight excluding hydrogens is 522 g/mol. The Labute approximate surface area is 212 Å². The molecule has 2 amide bonds. The van der Waals surface area contributed by atoms with Crippen LogP contribution in [0.1, 0.15) is 42.1 Å². The first-order valence-electron chi connectivity index (χ1n) is 11.4. The third kappa shape index (κ3) is 4.59. The Morgan fingerprint density at radius 1 is 1.21 bits per heavy atom. The molecule has 3 N–H and O–H groups in total. The second-order valence-electron chi connectivity index (χ2n) is 8.55. The maximum Gasteiger partial charge on any atom is 0.254 e. The van der Waals surface area contributed by atoms with Crippen molar-refractivity contribution in [1.29, 1.82) is 0 Å². The monoisotopic (exact) mass is 551 g/mol. The summed E-state index contributed by atoms with van der Waals surface area (Å²) < 4.78 is 13.6. The van der Waals surface area contributed by atoms with Gasteiger partial charge in [0.15, 0.2) is 0 Å². The van der Waals surface area contributed by atoms with Crippen LogP contribution in [0.15, 0.2) is 16.6 Å². The number of nitrogens with one attached hydrogen (secondary N) is 1. The van der Waals surface area contributed by atoms with E-state index in [1.54, 1.807) is 14.2 Å². The molecule has 0 radical (unpaired) electrons. The minimum atomic E-state index is -0.544. The van der Waals surface area contributed by atoms with E-state index in [2.05, 4.69) is 33.9 Å². The van der Waals surface area contributed by atoms with E-state index >= 15 is 0 Å². The Balaban J connectivity index is 1.69. The van der Waals surface area contributed by atoms with E-state index in [0.717, 1.165) is 38.9 Å². The Hall–Kier alpha value is -2.40. The first-order valence-corrected chi connectivity index (χ1v) is 12.8. The van der Waals surface area contributed by atoms with E-state index < -0.39 is 5.91 Å². The van der Waals surface area contributed by atoms with Crippen molar-refractivity contribution < 1.29 is 19.1 Å². The molecule has 0 saturated carbocycles. The van der Waals surface area contributed by atoms with Crippen LogP contribution in [0.4, 0.5) is 5.82 Å². The number of rotatable bonds is 7. The standard InChI is InChI=1S/C23H30BrN5O4S/c1-32-16-11-14(12-17(33-2)20(16)24)21-19(22(25)31)23-26-7-3-15(29(23)27-21)13-4-8-28(9-5-13)18(30)6-10-34/h11-13,15,26,34H,3-10H2,1-2H3,(H2,25,31)/t15-/m0/s1. The normalized spacial score (nSPS) is 18.2. The number of halogens is 1. The number of fused-ring (bicyclic) bond motifs is 1. The number of anilines is 1. The van der Waals surface area contributed by atoms with Crippen LogP contribution in [-0.2, 0) is 4.79 Å². The Bertz CT molecular complexity index is 1060. The van der Waals surface area contributed by atoms with Crippen molar-refractivity contribution >= 4 is 46.2 Å². The Kier molecular flexibility index (Phi) is 7.61. The molecule has 1 aromatic heterocycles. The number of aromatic nitrogens is 2. The third-order valence-electron chi connectivity index (χ3n) is 6.68. The molecule has 184 valence electrons. The van der Waals surface area contributed by atoms with Crippen LogP contribution in [0.25, 0.3) is 11.3 Å². The zero-order valence-corrected chi connectivity index (χ0v) is 21.8. The van der Waals surface area contributed by atoms with Gasteiger partial charge in [-0.05, 0) is 59.0 Å². The van der Waals surface area contributed by atoms with Crippen LogP contribution in [0.3, 0.4) is 0 Å². The maximum absolute atomic E-state index is 12.6. The van der Waals surface area contributed by atoms with Crippen molar-refractivity contribution in [2.45, 2.75) is 31.7 Å². The van der Waals surface area contributed by atoms with E-state index in [-0.39, 0.29) is 11.9 Å². The maximum atomic E-state index is 12.6. The molecule has 4 rings (SSSR count). The molecule has 1 saturated heterocycles. The summed E-state index contributed by atoms with van der Waals surface area (Å²) in [7, 11) is 3.14. The van der Waals surface area contributed by atoms with E-state index in [1.165, 1.54) is 0 Å². The quantitative estimate of drug-likeness (QED) is 0.455. The van der Waals surface area contributed by atoms with Gasteiger partial charge >= 0.3 is 0 Å². The number of piperidine rings is 1. The molecule has 11 heteroatoms. The number of nitrogens with two attached hydrogens (primary N) is 1. The van der Waals surface area contributed by atoms with Gasteiger partial charge in [-0.25, -0.2) is 4.68 Å². The fourth-order valence-corrected chi connectivity index (χ4v) is 5.71. The van der Waals surface area contributed by atoms with Crippen LogP contribution in [0.5, 0.6) is 11.5 Å². The highest BCUT2D eigenvalue weighted by molar-refractivity contribution is 9.10. The molecule has 0 spiro atoms. The van der Waals surface area contributed by atoms with Crippen LogP contribution in [0.2, 0.25) is 0 Å².